The average Bonchev–Trinajstić information content (AvgIpc) is 2.61. The zero-order chi connectivity index (χ0) is 18.1. The molecule has 0 fully saturated rings. The molecule has 0 heterocycles. The molecule has 2 aromatic carbocycles. The van der Waals surface area contributed by atoms with E-state index in [1.54, 1.807) is 19.2 Å². The van der Waals surface area contributed by atoms with Gasteiger partial charge in [0.2, 0.25) is 0 Å². The molecule has 2 N–H and O–H groups in total. The van der Waals surface area contributed by atoms with Crippen LogP contribution in [0.4, 0.5) is 10.1 Å². The number of benzene rings is 2. The monoisotopic (exact) mass is 342 g/mol. The van der Waals surface area contributed by atoms with Gasteiger partial charge >= 0.3 is 0 Å². The topological polar surface area (TPSA) is 39.7 Å². The summed E-state index contributed by atoms with van der Waals surface area (Å²) in [4.78, 5) is 6.31. The largest absolute Gasteiger partial charge is 0.378 e. The minimum atomic E-state index is -0.194. The van der Waals surface area contributed by atoms with Gasteiger partial charge in [-0.25, -0.2) is 4.39 Å². The van der Waals surface area contributed by atoms with E-state index in [2.05, 4.69) is 44.8 Å². The van der Waals surface area contributed by atoms with Gasteiger partial charge in [-0.15, -0.1) is 0 Å². The number of hydrogen-bond acceptors (Lipinski definition) is 2. The second kappa shape index (κ2) is 9.67. The van der Waals surface area contributed by atoms with E-state index in [1.165, 1.54) is 17.3 Å². The Kier molecular flexibility index (Phi) is 7.26. The molecule has 2 aromatic rings. The third-order valence-electron chi connectivity index (χ3n) is 3.98. The molecule has 4 nitrogen and oxygen atoms in total. The molecule has 5 heteroatoms. The molecule has 0 saturated carbocycles. The molecular weight excluding hydrogens is 315 g/mol. The Bertz CT molecular complexity index is 680. The van der Waals surface area contributed by atoms with E-state index in [4.69, 9.17) is 0 Å². The maximum atomic E-state index is 13.2. The first kappa shape index (κ1) is 18.8. The Hall–Kier alpha value is -2.56. The highest BCUT2D eigenvalue weighted by Gasteiger charge is 2.00. The molecule has 0 unspecified atom stereocenters. The van der Waals surface area contributed by atoms with Crippen LogP contribution in [0.3, 0.4) is 0 Å². The van der Waals surface area contributed by atoms with Gasteiger partial charge in [0, 0.05) is 39.9 Å². The molecule has 0 radical (unpaired) electrons. The Morgan fingerprint density at radius 1 is 0.960 bits per heavy atom. The normalized spacial score (nSPS) is 11.3. The van der Waals surface area contributed by atoms with E-state index in [-0.39, 0.29) is 5.82 Å². The zero-order valence-corrected chi connectivity index (χ0v) is 15.2. The molecule has 0 aromatic heterocycles. The number of nitrogens with zero attached hydrogens (tertiary/aromatic N) is 2. The van der Waals surface area contributed by atoms with Gasteiger partial charge in [0.1, 0.15) is 5.82 Å². The van der Waals surface area contributed by atoms with Crippen LogP contribution in [0, 0.1) is 5.82 Å². The molecule has 0 aliphatic rings. The lowest BCUT2D eigenvalue weighted by molar-refractivity contribution is 0.625. The zero-order valence-electron chi connectivity index (χ0n) is 15.2. The lowest BCUT2D eigenvalue weighted by Crippen LogP contribution is -2.39. The predicted octanol–water partition coefficient (Wildman–Crippen LogP) is 2.84. The molecule has 134 valence electrons. The SMILES string of the molecule is CN=C(NCCc1ccc(N(C)C)cc1)NCCc1cccc(F)c1. The Morgan fingerprint density at radius 3 is 2.16 bits per heavy atom. The molecule has 0 atom stereocenters. The average molecular weight is 342 g/mol. The molecule has 0 saturated heterocycles. The number of anilines is 1. The van der Waals surface area contributed by atoms with E-state index in [0.717, 1.165) is 30.9 Å². The highest BCUT2D eigenvalue weighted by Crippen LogP contribution is 2.12. The summed E-state index contributed by atoms with van der Waals surface area (Å²) < 4.78 is 13.2. The molecule has 0 spiro atoms. The fraction of sp³-hybridized carbons (Fsp3) is 0.350. The van der Waals surface area contributed by atoms with Crippen molar-refractivity contribution in [3.8, 4) is 0 Å². The molecule has 0 aliphatic heterocycles. The Balaban J connectivity index is 1.71. The van der Waals surface area contributed by atoms with Crippen molar-refractivity contribution >= 4 is 11.6 Å². The van der Waals surface area contributed by atoms with Crippen molar-refractivity contribution in [3.63, 3.8) is 0 Å². The van der Waals surface area contributed by atoms with Crippen LogP contribution in [0.1, 0.15) is 11.1 Å². The summed E-state index contributed by atoms with van der Waals surface area (Å²) in [5.41, 5.74) is 3.46. The van der Waals surface area contributed by atoms with Gasteiger partial charge in [0.25, 0.3) is 0 Å². The van der Waals surface area contributed by atoms with E-state index in [0.29, 0.717) is 6.54 Å². The smallest absolute Gasteiger partial charge is 0.190 e. The summed E-state index contributed by atoms with van der Waals surface area (Å²) in [5.74, 6) is 0.571. The minimum Gasteiger partial charge on any atom is -0.378 e. The minimum absolute atomic E-state index is 0.194. The van der Waals surface area contributed by atoms with Crippen LogP contribution in [-0.2, 0) is 12.8 Å². The number of rotatable bonds is 7. The van der Waals surface area contributed by atoms with E-state index in [9.17, 15) is 4.39 Å². The van der Waals surface area contributed by atoms with E-state index >= 15 is 0 Å². The number of halogens is 1. The third kappa shape index (κ3) is 6.45. The van der Waals surface area contributed by atoms with Crippen LogP contribution < -0.4 is 15.5 Å². The second-order valence-electron chi connectivity index (χ2n) is 6.12. The van der Waals surface area contributed by atoms with E-state index in [1.807, 2.05) is 20.2 Å². The van der Waals surface area contributed by atoms with Crippen molar-refractivity contribution in [2.75, 3.05) is 39.1 Å². The van der Waals surface area contributed by atoms with Crippen molar-refractivity contribution in [1.29, 1.82) is 0 Å². The fourth-order valence-corrected chi connectivity index (χ4v) is 2.52. The molecule has 0 aliphatic carbocycles. The summed E-state index contributed by atoms with van der Waals surface area (Å²) in [6.07, 6.45) is 1.68. The van der Waals surface area contributed by atoms with Crippen molar-refractivity contribution in [1.82, 2.24) is 10.6 Å². The van der Waals surface area contributed by atoms with Gasteiger partial charge in [-0.2, -0.15) is 0 Å². The Morgan fingerprint density at radius 2 is 1.60 bits per heavy atom. The van der Waals surface area contributed by atoms with Crippen molar-refractivity contribution in [2.45, 2.75) is 12.8 Å². The van der Waals surface area contributed by atoms with E-state index < -0.39 is 0 Å². The maximum absolute atomic E-state index is 13.2. The number of aliphatic imine (C=N–C) groups is 1. The van der Waals surface area contributed by atoms with Gasteiger partial charge in [0.05, 0.1) is 0 Å². The summed E-state index contributed by atoms with van der Waals surface area (Å²) in [7, 11) is 5.83. The van der Waals surface area contributed by atoms with Gasteiger partial charge in [-0.1, -0.05) is 24.3 Å². The quantitative estimate of drug-likeness (QED) is 0.600. The summed E-state index contributed by atoms with van der Waals surface area (Å²) in [6, 6.07) is 15.2. The highest BCUT2D eigenvalue weighted by molar-refractivity contribution is 5.79. The van der Waals surface area contributed by atoms with Crippen LogP contribution in [-0.4, -0.2) is 40.2 Å². The van der Waals surface area contributed by atoms with Crippen LogP contribution in [0.15, 0.2) is 53.5 Å². The lowest BCUT2D eigenvalue weighted by Gasteiger charge is -2.14. The molecule has 0 bridgehead atoms. The Labute approximate surface area is 149 Å². The van der Waals surface area contributed by atoms with Crippen molar-refractivity contribution in [3.05, 3.63) is 65.5 Å². The summed E-state index contributed by atoms with van der Waals surface area (Å²) >= 11 is 0. The highest BCUT2D eigenvalue weighted by atomic mass is 19.1. The first-order valence-electron chi connectivity index (χ1n) is 8.53. The second-order valence-corrected chi connectivity index (χ2v) is 6.12. The summed E-state index contributed by atoms with van der Waals surface area (Å²) in [5, 5.41) is 6.56. The van der Waals surface area contributed by atoms with Crippen molar-refractivity contribution < 1.29 is 4.39 Å². The number of guanidine groups is 1. The van der Waals surface area contributed by atoms with Gasteiger partial charge < -0.3 is 15.5 Å². The number of nitrogens with one attached hydrogen (secondary N) is 2. The van der Waals surface area contributed by atoms with Gasteiger partial charge in [-0.05, 0) is 48.2 Å². The first-order chi connectivity index (χ1) is 12.1. The molecular formula is C20H27FN4. The van der Waals surface area contributed by atoms with Crippen LogP contribution >= 0.6 is 0 Å². The molecule has 2 rings (SSSR count). The predicted molar refractivity (Wildman–Crippen MR) is 104 cm³/mol. The van der Waals surface area contributed by atoms with Crippen LogP contribution in [0.2, 0.25) is 0 Å². The first-order valence-corrected chi connectivity index (χ1v) is 8.53. The number of hydrogen-bond donors (Lipinski definition) is 2. The molecule has 0 amide bonds. The van der Waals surface area contributed by atoms with Gasteiger partial charge in [0.15, 0.2) is 5.96 Å². The summed E-state index contributed by atoms with van der Waals surface area (Å²) in [6.45, 7) is 1.52. The third-order valence-corrected chi connectivity index (χ3v) is 3.98. The van der Waals surface area contributed by atoms with Crippen LogP contribution in [0.5, 0.6) is 0 Å². The molecule has 25 heavy (non-hydrogen) atoms. The lowest BCUT2D eigenvalue weighted by atomic mass is 10.1. The fourth-order valence-electron chi connectivity index (χ4n) is 2.52. The van der Waals surface area contributed by atoms with Crippen molar-refractivity contribution in [2.24, 2.45) is 4.99 Å². The van der Waals surface area contributed by atoms with Gasteiger partial charge in [-0.3, -0.25) is 4.99 Å². The standard InChI is InChI=1S/C20H27FN4/c1-22-20(24-14-12-17-5-4-6-18(21)15-17)23-13-11-16-7-9-19(10-8-16)25(2)3/h4-10,15H,11-14H2,1-3H3,(H2,22,23,24). The maximum Gasteiger partial charge on any atom is 0.190 e. The van der Waals surface area contributed by atoms with Crippen LogP contribution in [0.25, 0.3) is 0 Å².